The van der Waals surface area contributed by atoms with Crippen LogP contribution in [-0.4, -0.2) is 65.8 Å². The lowest BCUT2D eigenvalue weighted by molar-refractivity contribution is -0.134. The third-order valence-corrected chi connectivity index (χ3v) is 2.47. The summed E-state index contributed by atoms with van der Waals surface area (Å²) in [4.78, 5) is 25.0. The molecular weight excluding hydrogens is 188 g/mol. The third-order valence-electron chi connectivity index (χ3n) is 2.47. The minimum absolute atomic E-state index is 0.00459. The van der Waals surface area contributed by atoms with Crippen molar-refractivity contribution in [2.75, 3.05) is 32.8 Å². The number of ether oxygens (including phenoxy) is 1. The smallest absolute Gasteiger partial charge is 0.407 e. The predicted molar refractivity (Wildman–Crippen MR) is 45.9 cm³/mol. The second-order valence-electron chi connectivity index (χ2n) is 3.42. The minimum Gasteiger partial charge on any atom is -0.465 e. The van der Waals surface area contributed by atoms with E-state index in [1.807, 2.05) is 0 Å². The Bertz CT molecular complexity index is 256. The predicted octanol–water partition coefficient (Wildman–Crippen LogP) is -0.793. The van der Waals surface area contributed by atoms with Gasteiger partial charge in [-0.15, -0.1) is 0 Å². The molecule has 14 heavy (non-hydrogen) atoms. The highest BCUT2D eigenvalue weighted by Gasteiger charge is 2.36. The number of carboxylic acid groups (broad SMARTS) is 1. The molecule has 2 heterocycles. The van der Waals surface area contributed by atoms with Gasteiger partial charge in [0.15, 0.2) is 6.10 Å². The minimum atomic E-state index is -0.917. The maximum atomic E-state index is 11.5. The van der Waals surface area contributed by atoms with Gasteiger partial charge in [0, 0.05) is 26.2 Å². The highest BCUT2D eigenvalue weighted by molar-refractivity contribution is 5.83. The van der Waals surface area contributed by atoms with Crippen LogP contribution in [0, 0.1) is 0 Å². The van der Waals surface area contributed by atoms with Crippen molar-refractivity contribution in [2.24, 2.45) is 0 Å². The maximum absolute atomic E-state index is 11.5. The normalized spacial score (nSPS) is 26.1. The van der Waals surface area contributed by atoms with Crippen LogP contribution in [0.2, 0.25) is 0 Å². The van der Waals surface area contributed by atoms with E-state index in [9.17, 15) is 9.59 Å². The molecule has 6 nitrogen and oxygen atoms in total. The van der Waals surface area contributed by atoms with Gasteiger partial charge in [-0.25, -0.2) is 4.79 Å². The molecule has 0 bridgehead atoms. The molecule has 1 atom stereocenters. The van der Waals surface area contributed by atoms with Crippen molar-refractivity contribution in [2.45, 2.75) is 6.10 Å². The molecule has 2 aliphatic rings. The number of rotatable bonds is 1. The molecule has 2 rings (SSSR count). The van der Waals surface area contributed by atoms with Crippen LogP contribution in [0.25, 0.3) is 0 Å². The van der Waals surface area contributed by atoms with Crippen LogP contribution < -0.4 is 0 Å². The molecule has 1 N–H and O–H groups in total. The van der Waals surface area contributed by atoms with Crippen molar-refractivity contribution in [1.29, 1.82) is 0 Å². The van der Waals surface area contributed by atoms with E-state index >= 15 is 0 Å². The third kappa shape index (κ3) is 1.79. The topological polar surface area (TPSA) is 73.4 Å². The fourth-order valence-corrected chi connectivity index (χ4v) is 1.51. The first kappa shape index (κ1) is 9.26. The maximum Gasteiger partial charge on any atom is 0.407 e. The number of carbonyl (C=O) groups excluding carboxylic acids is 1. The summed E-state index contributed by atoms with van der Waals surface area (Å²) in [5, 5.41) is 8.68. The van der Waals surface area contributed by atoms with E-state index in [1.165, 1.54) is 4.90 Å². The molecule has 1 unspecified atom stereocenters. The van der Waals surface area contributed by atoms with Crippen molar-refractivity contribution < 1.29 is 19.4 Å². The fourth-order valence-electron chi connectivity index (χ4n) is 1.51. The Morgan fingerprint density at radius 3 is 2.07 bits per heavy atom. The molecule has 0 aromatic heterocycles. The zero-order valence-electron chi connectivity index (χ0n) is 7.68. The Morgan fingerprint density at radius 1 is 1.14 bits per heavy atom. The van der Waals surface area contributed by atoms with Crippen LogP contribution in [0.3, 0.4) is 0 Å². The second-order valence-corrected chi connectivity index (χ2v) is 3.42. The lowest BCUT2D eigenvalue weighted by Gasteiger charge is -2.32. The largest absolute Gasteiger partial charge is 0.465 e. The van der Waals surface area contributed by atoms with Gasteiger partial charge in [0.25, 0.3) is 5.91 Å². The number of carbonyl (C=O) groups is 2. The van der Waals surface area contributed by atoms with Crippen molar-refractivity contribution in [1.82, 2.24) is 9.80 Å². The van der Waals surface area contributed by atoms with Crippen LogP contribution in [0.15, 0.2) is 0 Å². The summed E-state index contributed by atoms with van der Waals surface area (Å²) < 4.78 is 4.88. The first-order chi connectivity index (χ1) is 6.68. The number of hydrogen-bond acceptors (Lipinski definition) is 3. The van der Waals surface area contributed by atoms with Gasteiger partial charge < -0.3 is 19.6 Å². The summed E-state index contributed by atoms with van der Waals surface area (Å²) in [7, 11) is 0. The standard InChI is InChI=1S/C8H12N2O4/c11-7(6-5-14-6)9-1-3-10(4-2-9)8(12)13/h6H,1-5H2,(H,12,13). The summed E-state index contributed by atoms with van der Waals surface area (Å²) in [6.45, 7) is 2.26. The average molecular weight is 200 g/mol. The number of amides is 2. The summed E-state index contributed by atoms with van der Waals surface area (Å²) in [5.74, 6) is -0.00459. The molecule has 0 aromatic rings. The number of hydrogen-bond donors (Lipinski definition) is 1. The molecule has 2 saturated heterocycles. The lowest BCUT2D eigenvalue weighted by Crippen LogP contribution is -2.51. The van der Waals surface area contributed by atoms with Crippen LogP contribution in [0.1, 0.15) is 0 Å². The summed E-state index contributed by atoms with van der Waals surface area (Å²) in [5.41, 5.74) is 0. The lowest BCUT2D eigenvalue weighted by atomic mass is 10.3. The first-order valence-electron chi connectivity index (χ1n) is 4.57. The van der Waals surface area contributed by atoms with E-state index in [-0.39, 0.29) is 12.0 Å². The Balaban J connectivity index is 1.83. The molecule has 0 spiro atoms. The van der Waals surface area contributed by atoms with Gasteiger partial charge in [-0.2, -0.15) is 0 Å². The number of nitrogens with zero attached hydrogens (tertiary/aromatic N) is 2. The van der Waals surface area contributed by atoms with Gasteiger partial charge in [-0.05, 0) is 0 Å². The molecule has 2 amide bonds. The average Bonchev–Trinajstić information content (AvgIpc) is 3.00. The van der Waals surface area contributed by atoms with Gasteiger partial charge in [0.1, 0.15) is 0 Å². The Kier molecular flexibility index (Phi) is 2.28. The monoisotopic (exact) mass is 200 g/mol. The summed E-state index contributed by atoms with van der Waals surface area (Å²) in [6.07, 6.45) is -1.17. The van der Waals surface area contributed by atoms with E-state index in [1.54, 1.807) is 4.90 Å². The van der Waals surface area contributed by atoms with Gasteiger partial charge in [0.05, 0.1) is 6.61 Å². The zero-order valence-corrected chi connectivity index (χ0v) is 7.68. The molecule has 6 heteroatoms. The molecule has 0 aliphatic carbocycles. The first-order valence-corrected chi connectivity index (χ1v) is 4.57. The molecule has 2 aliphatic heterocycles. The Morgan fingerprint density at radius 2 is 1.64 bits per heavy atom. The van der Waals surface area contributed by atoms with E-state index in [0.717, 1.165) is 0 Å². The fraction of sp³-hybridized carbons (Fsp3) is 0.750. The van der Waals surface area contributed by atoms with Crippen molar-refractivity contribution in [3.05, 3.63) is 0 Å². The second kappa shape index (κ2) is 3.45. The van der Waals surface area contributed by atoms with Crippen LogP contribution >= 0.6 is 0 Å². The molecule has 0 radical (unpaired) electrons. The molecule has 0 saturated carbocycles. The van der Waals surface area contributed by atoms with Crippen molar-refractivity contribution in [3.8, 4) is 0 Å². The summed E-state index contributed by atoms with van der Waals surface area (Å²) >= 11 is 0. The molecular formula is C8H12N2O4. The molecule has 2 fully saturated rings. The van der Waals surface area contributed by atoms with Crippen LogP contribution in [0.4, 0.5) is 4.79 Å². The van der Waals surface area contributed by atoms with Crippen molar-refractivity contribution in [3.63, 3.8) is 0 Å². The van der Waals surface area contributed by atoms with Gasteiger partial charge in [0.2, 0.25) is 0 Å². The zero-order chi connectivity index (χ0) is 10.1. The van der Waals surface area contributed by atoms with Crippen LogP contribution in [0.5, 0.6) is 0 Å². The van der Waals surface area contributed by atoms with E-state index in [0.29, 0.717) is 32.8 Å². The van der Waals surface area contributed by atoms with E-state index < -0.39 is 6.09 Å². The summed E-state index contributed by atoms with van der Waals surface area (Å²) in [6, 6.07) is 0. The van der Waals surface area contributed by atoms with E-state index in [4.69, 9.17) is 9.84 Å². The Labute approximate surface area is 81.0 Å². The van der Waals surface area contributed by atoms with Gasteiger partial charge in [-0.1, -0.05) is 0 Å². The number of epoxide rings is 1. The Hall–Kier alpha value is -1.30. The number of piperazine rings is 1. The van der Waals surface area contributed by atoms with Gasteiger partial charge in [-0.3, -0.25) is 4.79 Å². The quantitative estimate of drug-likeness (QED) is 0.563. The van der Waals surface area contributed by atoms with E-state index in [2.05, 4.69) is 0 Å². The molecule has 78 valence electrons. The van der Waals surface area contributed by atoms with Gasteiger partial charge >= 0.3 is 6.09 Å². The van der Waals surface area contributed by atoms with Crippen molar-refractivity contribution >= 4 is 12.0 Å². The highest BCUT2D eigenvalue weighted by Crippen LogP contribution is 2.14. The molecule has 0 aromatic carbocycles. The highest BCUT2D eigenvalue weighted by atomic mass is 16.6. The van der Waals surface area contributed by atoms with Crippen LogP contribution in [-0.2, 0) is 9.53 Å². The SMILES string of the molecule is O=C(O)N1CCN(C(=O)C2CO2)CC1.